The fraction of sp³-hybridized carbons (Fsp3) is 0.923. The van der Waals surface area contributed by atoms with Gasteiger partial charge in [0.1, 0.15) is 0 Å². The van der Waals surface area contributed by atoms with Crippen molar-refractivity contribution in [2.45, 2.75) is 52.1 Å². The highest BCUT2D eigenvalue weighted by molar-refractivity contribution is 5.81. The first kappa shape index (κ1) is 16.4. The Morgan fingerprint density at radius 2 is 1.94 bits per heavy atom. The summed E-state index contributed by atoms with van der Waals surface area (Å²) >= 11 is 0. The molecule has 0 aromatic rings. The second-order valence-corrected chi connectivity index (χ2v) is 5.37. The van der Waals surface area contributed by atoms with Crippen molar-refractivity contribution in [2.24, 2.45) is 11.7 Å². The molecule has 102 valence electrons. The number of nitrogens with two attached hydrogens (primary N) is 1. The minimum absolute atomic E-state index is 0.0148. The lowest BCUT2D eigenvalue weighted by Crippen LogP contribution is -2.50. The van der Waals surface area contributed by atoms with Crippen molar-refractivity contribution in [1.29, 1.82) is 0 Å². The van der Waals surface area contributed by atoms with E-state index < -0.39 is 0 Å². The van der Waals surface area contributed by atoms with Crippen LogP contribution >= 0.6 is 0 Å². The lowest BCUT2D eigenvalue weighted by Gasteiger charge is -2.27. The monoisotopic (exact) mass is 243 g/mol. The van der Waals surface area contributed by atoms with Crippen LogP contribution in [0.4, 0.5) is 0 Å². The van der Waals surface area contributed by atoms with Crippen molar-refractivity contribution < 1.29 is 4.79 Å². The van der Waals surface area contributed by atoms with E-state index in [9.17, 15) is 4.79 Å². The molecule has 0 bridgehead atoms. The van der Waals surface area contributed by atoms with Gasteiger partial charge < -0.3 is 16.0 Å². The molecule has 4 heteroatoms. The highest BCUT2D eigenvalue weighted by Crippen LogP contribution is 2.04. The van der Waals surface area contributed by atoms with Gasteiger partial charge in [-0.3, -0.25) is 4.79 Å². The van der Waals surface area contributed by atoms with Gasteiger partial charge in [-0.2, -0.15) is 0 Å². The largest absolute Gasteiger partial charge is 0.350 e. The fourth-order valence-corrected chi connectivity index (χ4v) is 1.66. The van der Waals surface area contributed by atoms with E-state index in [1.54, 1.807) is 0 Å². The Morgan fingerprint density at radius 3 is 2.35 bits per heavy atom. The Bertz CT molecular complexity index is 217. The Labute approximate surface area is 106 Å². The summed E-state index contributed by atoms with van der Waals surface area (Å²) in [6.07, 6.45) is 2.86. The molecule has 0 rings (SSSR count). The predicted molar refractivity (Wildman–Crippen MR) is 72.8 cm³/mol. The zero-order valence-corrected chi connectivity index (χ0v) is 12.0. The highest BCUT2D eigenvalue weighted by atomic mass is 16.2. The topological polar surface area (TPSA) is 58.4 Å². The standard InChI is InChI=1S/C13H29N3O/c1-6-7-8-11(14)13(17)15-12(10(2)3)9-16(4)5/h10-12H,6-9,14H2,1-5H3,(H,15,17)/t11-,12?/m0/s1. The first-order chi connectivity index (χ1) is 7.88. The van der Waals surface area contributed by atoms with E-state index in [4.69, 9.17) is 5.73 Å². The minimum Gasteiger partial charge on any atom is -0.350 e. The molecule has 1 unspecified atom stereocenters. The second-order valence-electron chi connectivity index (χ2n) is 5.37. The summed E-state index contributed by atoms with van der Waals surface area (Å²) in [4.78, 5) is 14.0. The van der Waals surface area contributed by atoms with Gasteiger partial charge in [0.25, 0.3) is 0 Å². The molecule has 0 aromatic carbocycles. The number of nitrogens with one attached hydrogen (secondary N) is 1. The number of nitrogens with zero attached hydrogens (tertiary/aromatic N) is 1. The number of likely N-dealkylation sites (N-methyl/N-ethyl adjacent to an activating group) is 1. The first-order valence-electron chi connectivity index (χ1n) is 6.59. The third-order valence-electron chi connectivity index (χ3n) is 2.90. The number of carbonyl (C=O) groups is 1. The summed E-state index contributed by atoms with van der Waals surface area (Å²) in [6.45, 7) is 7.19. The van der Waals surface area contributed by atoms with E-state index in [-0.39, 0.29) is 18.0 Å². The van der Waals surface area contributed by atoms with Crippen LogP contribution in [0.15, 0.2) is 0 Å². The number of unbranched alkanes of at least 4 members (excludes halogenated alkanes) is 1. The van der Waals surface area contributed by atoms with Gasteiger partial charge in [0.2, 0.25) is 5.91 Å². The van der Waals surface area contributed by atoms with Crippen molar-refractivity contribution in [1.82, 2.24) is 10.2 Å². The summed E-state index contributed by atoms with van der Waals surface area (Å²) in [5, 5.41) is 3.05. The summed E-state index contributed by atoms with van der Waals surface area (Å²) in [5.74, 6) is 0.402. The van der Waals surface area contributed by atoms with Crippen LogP contribution in [0.5, 0.6) is 0 Å². The van der Waals surface area contributed by atoms with Gasteiger partial charge in [-0.05, 0) is 26.4 Å². The molecule has 4 nitrogen and oxygen atoms in total. The predicted octanol–water partition coefficient (Wildman–Crippen LogP) is 1.21. The molecule has 0 saturated carbocycles. The zero-order valence-electron chi connectivity index (χ0n) is 12.0. The maximum Gasteiger partial charge on any atom is 0.237 e. The van der Waals surface area contributed by atoms with Crippen molar-refractivity contribution >= 4 is 5.91 Å². The number of hydrogen-bond acceptors (Lipinski definition) is 3. The molecular formula is C13H29N3O. The average molecular weight is 243 g/mol. The highest BCUT2D eigenvalue weighted by Gasteiger charge is 2.20. The molecule has 0 aliphatic carbocycles. The lowest BCUT2D eigenvalue weighted by atomic mass is 10.0. The molecule has 0 spiro atoms. The van der Waals surface area contributed by atoms with Gasteiger partial charge in [0, 0.05) is 12.6 Å². The number of hydrogen-bond donors (Lipinski definition) is 2. The molecule has 0 fully saturated rings. The van der Waals surface area contributed by atoms with Gasteiger partial charge in [-0.1, -0.05) is 33.6 Å². The quantitative estimate of drug-likeness (QED) is 0.673. The van der Waals surface area contributed by atoms with E-state index in [0.717, 1.165) is 25.8 Å². The van der Waals surface area contributed by atoms with Crippen LogP contribution in [0.2, 0.25) is 0 Å². The van der Waals surface area contributed by atoms with Crippen molar-refractivity contribution in [3.05, 3.63) is 0 Å². The fourth-order valence-electron chi connectivity index (χ4n) is 1.66. The smallest absolute Gasteiger partial charge is 0.237 e. The molecule has 3 N–H and O–H groups in total. The lowest BCUT2D eigenvalue weighted by molar-refractivity contribution is -0.123. The van der Waals surface area contributed by atoms with E-state index in [0.29, 0.717) is 5.92 Å². The maximum atomic E-state index is 11.9. The average Bonchev–Trinajstić information content (AvgIpc) is 2.23. The van der Waals surface area contributed by atoms with E-state index in [2.05, 4.69) is 31.0 Å². The number of rotatable bonds is 8. The van der Waals surface area contributed by atoms with Gasteiger partial charge >= 0.3 is 0 Å². The molecular weight excluding hydrogens is 214 g/mol. The number of amides is 1. The van der Waals surface area contributed by atoms with E-state index in [1.807, 2.05) is 14.1 Å². The molecule has 0 radical (unpaired) electrons. The van der Waals surface area contributed by atoms with Gasteiger partial charge in [0.05, 0.1) is 6.04 Å². The molecule has 0 saturated heterocycles. The maximum absolute atomic E-state index is 11.9. The first-order valence-corrected chi connectivity index (χ1v) is 6.59. The van der Waals surface area contributed by atoms with Crippen LogP contribution in [0.1, 0.15) is 40.0 Å². The molecule has 0 heterocycles. The SMILES string of the molecule is CCCC[C@H](N)C(=O)NC(CN(C)C)C(C)C. The van der Waals surface area contributed by atoms with Crippen LogP contribution in [-0.2, 0) is 4.79 Å². The van der Waals surface area contributed by atoms with E-state index >= 15 is 0 Å². The molecule has 0 aliphatic heterocycles. The Hall–Kier alpha value is -0.610. The molecule has 17 heavy (non-hydrogen) atoms. The Kier molecular flexibility index (Phi) is 8.17. The van der Waals surface area contributed by atoms with Gasteiger partial charge in [-0.15, -0.1) is 0 Å². The van der Waals surface area contributed by atoms with Crippen molar-refractivity contribution in [3.8, 4) is 0 Å². The van der Waals surface area contributed by atoms with Crippen molar-refractivity contribution in [3.63, 3.8) is 0 Å². The normalized spacial score (nSPS) is 15.1. The third-order valence-corrected chi connectivity index (χ3v) is 2.90. The minimum atomic E-state index is -0.363. The molecule has 0 aliphatic rings. The van der Waals surface area contributed by atoms with Crippen LogP contribution in [0.25, 0.3) is 0 Å². The Morgan fingerprint density at radius 1 is 1.35 bits per heavy atom. The van der Waals surface area contributed by atoms with Gasteiger partial charge in [0.15, 0.2) is 0 Å². The summed E-state index contributed by atoms with van der Waals surface area (Å²) in [7, 11) is 4.02. The second kappa shape index (κ2) is 8.48. The zero-order chi connectivity index (χ0) is 13.4. The molecule has 2 atom stereocenters. The number of carbonyl (C=O) groups excluding carboxylic acids is 1. The molecule has 0 aromatic heterocycles. The van der Waals surface area contributed by atoms with Crippen LogP contribution in [-0.4, -0.2) is 43.5 Å². The Balaban J connectivity index is 4.20. The van der Waals surface area contributed by atoms with Crippen LogP contribution < -0.4 is 11.1 Å². The summed E-state index contributed by atoms with van der Waals surface area (Å²) in [6, 6.07) is -0.191. The van der Waals surface area contributed by atoms with Crippen molar-refractivity contribution in [2.75, 3.05) is 20.6 Å². The van der Waals surface area contributed by atoms with Crippen LogP contribution in [0, 0.1) is 5.92 Å². The van der Waals surface area contributed by atoms with Crippen LogP contribution in [0.3, 0.4) is 0 Å². The van der Waals surface area contributed by atoms with Gasteiger partial charge in [-0.25, -0.2) is 0 Å². The summed E-state index contributed by atoms with van der Waals surface area (Å²) < 4.78 is 0. The van der Waals surface area contributed by atoms with E-state index in [1.165, 1.54) is 0 Å². The molecule has 1 amide bonds. The third kappa shape index (κ3) is 7.34. The summed E-state index contributed by atoms with van der Waals surface area (Å²) in [5.41, 5.74) is 5.86.